The van der Waals surface area contributed by atoms with Crippen molar-refractivity contribution in [1.82, 2.24) is 9.88 Å². The van der Waals surface area contributed by atoms with Crippen LogP contribution < -0.4 is 0 Å². The van der Waals surface area contributed by atoms with E-state index in [0.717, 1.165) is 31.6 Å². The lowest BCUT2D eigenvalue weighted by molar-refractivity contribution is -0.150. The van der Waals surface area contributed by atoms with Gasteiger partial charge in [0.2, 0.25) is 5.91 Å². The second-order valence-electron chi connectivity index (χ2n) is 6.80. The van der Waals surface area contributed by atoms with E-state index in [0.29, 0.717) is 18.8 Å². The average Bonchev–Trinajstić information content (AvgIpc) is 2.58. The van der Waals surface area contributed by atoms with Crippen LogP contribution in [0.2, 0.25) is 0 Å². The Morgan fingerprint density at radius 2 is 2.22 bits per heavy atom. The minimum atomic E-state index is 0.157. The molecular weight excluding hydrogens is 288 g/mol. The van der Waals surface area contributed by atoms with Crippen molar-refractivity contribution < 1.29 is 9.53 Å². The number of aromatic nitrogens is 1. The average molecular weight is 318 g/mol. The Morgan fingerprint density at radius 3 is 2.87 bits per heavy atom. The molecule has 1 saturated heterocycles. The van der Waals surface area contributed by atoms with Gasteiger partial charge in [-0.2, -0.15) is 0 Å². The van der Waals surface area contributed by atoms with Gasteiger partial charge in [-0.25, -0.2) is 0 Å². The van der Waals surface area contributed by atoms with E-state index >= 15 is 0 Å². The van der Waals surface area contributed by atoms with Gasteiger partial charge in [0.15, 0.2) is 0 Å². The topological polar surface area (TPSA) is 42.4 Å². The Kier molecular flexibility index (Phi) is 7.03. The largest absolute Gasteiger partial charge is 0.371 e. The normalized spacial score (nSPS) is 21.7. The van der Waals surface area contributed by atoms with Crippen molar-refractivity contribution in [2.75, 3.05) is 13.1 Å². The molecule has 0 radical (unpaired) electrons. The number of morpholine rings is 1. The highest BCUT2D eigenvalue weighted by atomic mass is 16.5. The second-order valence-corrected chi connectivity index (χ2v) is 6.80. The number of rotatable bonds is 7. The number of hydrogen-bond donors (Lipinski definition) is 0. The van der Waals surface area contributed by atoms with E-state index in [9.17, 15) is 4.79 Å². The molecule has 2 atom stereocenters. The van der Waals surface area contributed by atoms with Gasteiger partial charge in [0.1, 0.15) is 0 Å². The van der Waals surface area contributed by atoms with Gasteiger partial charge in [0, 0.05) is 31.4 Å². The summed E-state index contributed by atoms with van der Waals surface area (Å²) in [6, 6.07) is 5.85. The molecule has 1 aliphatic heterocycles. The molecule has 1 aromatic heterocycles. The molecule has 4 heteroatoms. The number of unbranched alkanes of at least 4 members (excludes halogenated alkanes) is 1. The first-order valence-electron chi connectivity index (χ1n) is 8.93. The Morgan fingerprint density at radius 1 is 1.39 bits per heavy atom. The van der Waals surface area contributed by atoms with E-state index in [1.807, 2.05) is 23.1 Å². The first kappa shape index (κ1) is 17.9. The van der Waals surface area contributed by atoms with E-state index in [1.54, 1.807) is 6.20 Å². The van der Waals surface area contributed by atoms with E-state index in [-0.39, 0.29) is 18.1 Å². The van der Waals surface area contributed by atoms with Crippen molar-refractivity contribution in [3.05, 3.63) is 30.1 Å². The molecule has 2 rings (SSSR count). The SMILES string of the molecule is CCCC[C@@H]1CN(C(=O)CCc2ccccn2)C[C@H](C(C)C)O1. The van der Waals surface area contributed by atoms with Crippen LogP contribution in [0.4, 0.5) is 0 Å². The molecule has 0 bridgehead atoms. The summed E-state index contributed by atoms with van der Waals surface area (Å²) < 4.78 is 6.19. The molecule has 0 saturated carbocycles. The van der Waals surface area contributed by atoms with Gasteiger partial charge in [0.05, 0.1) is 12.2 Å². The molecule has 0 spiro atoms. The van der Waals surface area contributed by atoms with Crippen molar-refractivity contribution in [3.63, 3.8) is 0 Å². The van der Waals surface area contributed by atoms with Crippen LogP contribution in [0.1, 0.15) is 52.1 Å². The fourth-order valence-corrected chi connectivity index (χ4v) is 2.97. The lowest BCUT2D eigenvalue weighted by Crippen LogP contribution is -2.51. The molecule has 0 aliphatic carbocycles. The fraction of sp³-hybridized carbons (Fsp3) is 0.684. The molecule has 23 heavy (non-hydrogen) atoms. The van der Waals surface area contributed by atoms with Crippen LogP contribution in [0.25, 0.3) is 0 Å². The third-order valence-corrected chi connectivity index (χ3v) is 4.49. The third-order valence-electron chi connectivity index (χ3n) is 4.49. The van der Waals surface area contributed by atoms with Crippen molar-refractivity contribution in [3.8, 4) is 0 Å². The summed E-state index contributed by atoms with van der Waals surface area (Å²) in [6.07, 6.45) is 6.74. The van der Waals surface area contributed by atoms with Crippen LogP contribution in [-0.2, 0) is 16.0 Å². The zero-order valence-corrected chi connectivity index (χ0v) is 14.7. The molecule has 0 aromatic carbocycles. The first-order valence-corrected chi connectivity index (χ1v) is 8.93. The minimum absolute atomic E-state index is 0.157. The van der Waals surface area contributed by atoms with Crippen LogP contribution in [0.3, 0.4) is 0 Å². The quantitative estimate of drug-likeness (QED) is 0.773. The maximum Gasteiger partial charge on any atom is 0.223 e. The molecule has 1 amide bonds. The predicted octanol–water partition coefficient (Wildman–Crippen LogP) is 3.46. The summed E-state index contributed by atoms with van der Waals surface area (Å²) in [5.74, 6) is 0.664. The van der Waals surface area contributed by atoms with E-state index in [4.69, 9.17) is 4.74 Å². The number of pyridine rings is 1. The summed E-state index contributed by atoms with van der Waals surface area (Å²) in [6.45, 7) is 8.00. The molecule has 2 heterocycles. The second kappa shape index (κ2) is 9.02. The van der Waals surface area contributed by atoms with Gasteiger partial charge in [-0.15, -0.1) is 0 Å². The fourth-order valence-electron chi connectivity index (χ4n) is 2.97. The molecule has 0 N–H and O–H groups in total. The van der Waals surface area contributed by atoms with Gasteiger partial charge < -0.3 is 9.64 Å². The Balaban J connectivity index is 1.91. The van der Waals surface area contributed by atoms with E-state index in [1.165, 1.54) is 6.42 Å². The van der Waals surface area contributed by atoms with Crippen molar-refractivity contribution in [2.24, 2.45) is 5.92 Å². The van der Waals surface area contributed by atoms with Crippen molar-refractivity contribution in [1.29, 1.82) is 0 Å². The lowest BCUT2D eigenvalue weighted by atomic mass is 10.0. The maximum absolute atomic E-state index is 12.6. The maximum atomic E-state index is 12.6. The molecule has 128 valence electrons. The highest BCUT2D eigenvalue weighted by Crippen LogP contribution is 2.21. The highest BCUT2D eigenvalue weighted by molar-refractivity contribution is 5.76. The van der Waals surface area contributed by atoms with Crippen LogP contribution in [0.15, 0.2) is 24.4 Å². The van der Waals surface area contributed by atoms with E-state index < -0.39 is 0 Å². The Bertz CT molecular complexity index is 476. The first-order chi connectivity index (χ1) is 11.1. The standard InChI is InChI=1S/C19H30N2O2/c1-4-5-9-17-13-21(14-18(23-17)15(2)3)19(22)11-10-16-8-6-7-12-20-16/h6-8,12,15,17-18H,4-5,9-11,13-14H2,1-3H3/t17-,18-/m1/s1. The number of ether oxygens (including phenoxy) is 1. The Labute approximate surface area is 140 Å². The summed E-state index contributed by atoms with van der Waals surface area (Å²) in [7, 11) is 0. The highest BCUT2D eigenvalue weighted by Gasteiger charge is 2.31. The number of aryl methyl sites for hydroxylation is 1. The van der Waals surface area contributed by atoms with Crippen LogP contribution >= 0.6 is 0 Å². The smallest absolute Gasteiger partial charge is 0.223 e. The number of carbonyl (C=O) groups is 1. The molecular formula is C19H30N2O2. The van der Waals surface area contributed by atoms with Gasteiger partial charge >= 0.3 is 0 Å². The van der Waals surface area contributed by atoms with Gasteiger partial charge in [-0.1, -0.05) is 39.7 Å². The van der Waals surface area contributed by atoms with Crippen LogP contribution in [0, 0.1) is 5.92 Å². The summed E-state index contributed by atoms with van der Waals surface area (Å²) in [5, 5.41) is 0. The van der Waals surface area contributed by atoms with Gasteiger partial charge in [-0.3, -0.25) is 9.78 Å². The number of carbonyl (C=O) groups excluding carboxylic acids is 1. The van der Waals surface area contributed by atoms with Crippen molar-refractivity contribution in [2.45, 2.75) is 65.1 Å². The molecule has 1 aromatic rings. The number of amides is 1. The van der Waals surface area contributed by atoms with E-state index in [2.05, 4.69) is 25.8 Å². The zero-order valence-electron chi connectivity index (χ0n) is 14.7. The molecule has 0 unspecified atom stereocenters. The lowest BCUT2D eigenvalue weighted by Gasteiger charge is -2.40. The zero-order chi connectivity index (χ0) is 16.7. The van der Waals surface area contributed by atoms with Crippen LogP contribution in [0.5, 0.6) is 0 Å². The monoisotopic (exact) mass is 318 g/mol. The van der Waals surface area contributed by atoms with Gasteiger partial charge in [-0.05, 0) is 30.9 Å². The molecule has 1 aliphatic rings. The number of hydrogen-bond acceptors (Lipinski definition) is 3. The third kappa shape index (κ3) is 5.61. The molecule has 1 fully saturated rings. The predicted molar refractivity (Wildman–Crippen MR) is 92.2 cm³/mol. The summed E-state index contributed by atoms with van der Waals surface area (Å²) >= 11 is 0. The molecule has 4 nitrogen and oxygen atoms in total. The summed E-state index contributed by atoms with van der Waals surface area (Å²) in [4.78, 5) is 18.9. The van der Waals surface area contributed by atoms with Crippen molar-refractivity contribution >= 4 is 5.91 Å². The minimum Gasteiger partial charge on any atom is -0.371 e. The Hall–Kier alpha value is -1.42. The van der Waals surface area contributed by atoms with Crippen LogP contribution in [-0.4, -0.2) is 41.1 Å². The van der Waals surface area contributed by atoms with Gasteiger partial charge in [0.25, 0.3) is 0 Å². The number of nitrogens with zero attached hydrogens (tertiary/aromatic N) is 2. The summed E-state index contributed by atoms with van der Waals surface area (Å²) in [5.41, 5.74) is 0.983.